The number of aryl methyl sites for hydroxylation is 1. The average Bonchev–Trinajstić information content (AvgIpc) is 2.88. The third-order valence-corrected chi connectivity index (χ3v) is 2.94. The minimum Gasteiger partial charge on any atom is -0.385 e. The number of carbonyl (C=O) groups is 1. The Bertz CT molecular complexity index is 782. The quantitative estimate of drug-likeness (QED) is 0.792. The Kier molecular flexibility index (Phi) is 3.51. The molecule has 106 valence electrons. The summed E-state index contributed by atoms with van der Waals surface area (Å²) in [5, 5.41) is 10.6. The Morgan fingerprint density at radius 2 is 2.10 bits per heavy atom. The van der Waals surface area contributed by atoms with Crippen LogP contribution in [0, 0.1) is 6.92 Å². The van der Waals surface area contributed by atoms with Crippen molar-refractivity contribution in [1.29, 1.82) is 0 Å². The first-order valence-electron chi connectivity index (χ1n) is 6.52. The molecule has 1 aromatic heterocycles. The first-order chi connectivity index (χ1) is 10.2. The van der Waals surface area contributed by atoms with Crippen LogP contribution in [0.5, 0.6) is 0 Å². The van der Waals surface area contributed by atoms with E-state index in [4.69, 9.17) is 4.84 Å². The predicted molar refractivity (Wildman–Crippen MR) is 78.8 cm³/mol. The molecule has 0 aliphatic heterocycles. The van der Waals surface area contributed by atoms with E-state index in [1.807, 2.05) is 55.5 Å². The van der Waals surface area contributed by atoms with Gasteiger partial charge >= 0.3 is 0 Å². The Balaban J connectivity index is 1.63. The summed E-state index contributed by atoms with van der Waals surface area (Å²) in [5.41, 5.74) is 3.26. The van der Waals surface area contributed by atoms with Crippen LogP contribution in [0.1, 0.15) is 5.56 Å². The summed E-state index contributed by atoms with van der Waals surface area (Å²) in [6, 6.07) is 15.0. The van der Waals surface area contributed by atoms with Crippen molar-refractivity contribution in [2.45, 2.75) is 6.92 Å². The molecule has 1 heterocycles. The molecule has 3 rings (SSSR count). The minimum atomic E-state index is -0.250. The van der Waals surface area contributed by atoms with Crippen LogP contribution < -0.4 is 10.2 Å². The number of aromatic nitrogens is 3. The maximum atomic E-state index is 11.9. The molecule has 2 aromatic carbocycles. The molecule has 6 nitrogen and oxygen atoms in total. The molecular formula is C15H14N4O2. The van der Waals surface area contributed by atoms with Gasteiger partial charge in [-0.3, -0.25) is 4.79 Å². The van der Waals surface area contributed by atoms with Crippen molar-refractivity contribution in [1.82, 2.24) is 15.2 Å². The summed E-state index contributed by atoms with van der Waals surface area (Å²) in [4.78, 5) is 18.5. The van der Waals surface area contributed by atoms with Gasteiger partial charge < -0.3 is 10.2 Å². The number of hydrogen-bond acceptors (Lipinski definition) is 4. The van der Waals surface area contributed by atoms with Crippen LogP contribution in [0.3, 0.4) is 0 Å². The van der Waals surface area contributed by atoms with Crippen molar-refractivity contribution < 1.29 is 9.63 Å². The Hall–Kier alpha value is -2.89. The number of anilines is 1. The van der Waals surface area contributed by atoms with Crippen molar-refractivity contribution in [2.75, 3.05) is 11.9 Å². The number of benzene rings is 2. The summed E-state index contributed by atoms with van der Waals surface area (Å²) in [6.07, 6.45) is 0. The lowest BCUT2D eigenvalue weighted by Crippen LogP contribution is -2.26. The molecule has 0 saturated heterocycles. The van der Waals surface area contributed by atoms with E-state index >= 15 is 0 Å². The molecule has 3 aromatic rings. The van der Waals surface area contributed by atoms with Crippen LogP contribution in [-0.2, 0) is 4.79 Å². The van der Waals surface area contributed by atoms with Crippen molar-refractivity contribution in [2.24, 2.45) is 0 Å². The van der Waals surface area contributed by atoms with Gasteiger partial charge in [0.25, 0.3) is 5.91 Å². The second-order valence-corrected chi connectivity index (χ2v) is 4.64. The predicted octanol–water partition coefficient (Wildman–Crippen LogP) is 1.81. The average molecular weight is 282 g/mol. The van der Waals surface area contributed by atoms with Crippen molar-refractivity contribution in [3.8, 4) is 0 Å². The summed E-state index contributed by atoms with van der Waals surface area (Å²) >= 11 is 0. The van der Waals surface area contributed by atoms with Gasteiger partial charge in [-0.15, -0.1) is 5.10 Å². The Morgan fingerprint density at radius 1 is 1.24 bits per heavy atom. The molecule has 21 heavy (non-hydrogen) atoms. The summed E-state index contributed by atoms with van der Waals surface area (Å²) in [5.74, 6) is -0.250. The fourth-order valence-corrected chi connectivity index (χ4v) is 1.98. The smallest absolute Gasteiger partial charge is 0.265 e. The van der Waals surface area contributed by atoms with Crippen LogP contribution in [0.15, 0.2) is 48.5 Å². The van der Waals surface area contributed by atoms with E-state index in [2.05, 4.69) is 15.6 Å². The van der Waals surface area contributed by atoms with Gasteiger partial charge in [-0.25, -0.2) is 0 Å². The lowest BCUT2D eigenvalue weighted by atomic mass is 10.2. The molecule has 0 atom stereocenters. The van der Waals surface area contributed by atoms with E-state index in [1.54, 1.807) is 0 Å². The second-order valence-electron chi connectivity index (χ2n) is 4.64. The molecule has 0 aliphatic rings. The highest BCUT2D eigenvalue weighted by atomic mass is 16.7. The van der Waals surface area contributed by atoms with Crippen LogP contribution in [0.25, 0.3) is 11.0 Å². The van der Waals surface area contributed by atoms with Crippen LogP contribution >= 0.6 is 0 Å². The van der Waals surface area contributed by atoms with Crippen molar-refractivity contribution >= 4 is 22.6 Å². The van der Waals surface area contributed by atoms with E-state index in [0.29, 0.717) is 0 Å². The molecule has 0 aliphatic carbocycles. The van der Waals surface area contributed by atoms with Gasteiger partial charge in [-0.2, -0.15) is 0 Å². The molecule has 0 spiro atoms. The molecule has 1 N–H and O–H groups in total. The summed E-state index contributed by atoms with van der Waals surface area (Å²) in [7, 11) is 0. The van der Waals surface area contributed by atoms with E-state index < -0.39 is 0 Å². The number of para-hydroxylation sites is 1. The molecule has 0 bridgehead atoms. The SMILES string of the molecule is Cc1cccc(NC(=O)COn2nnc3ccccc32)c1. The van der Waals surface area contributed by atoms with E-state index in [1.165, 1.54) is 4.85 Å². The third-order valence-electron chi connectivity index (χ3n) is 2.94. The highest BCUT2D eigenvalue weighted by molar-refractivity contribution is 5.91. The largest absolute Gasteiger partial charge is 0.385 e. The lowest BCUT2D eigenvalue weighted by molar-refractivity contribution is -0.121. The molecule has 0 radical (unpaired) electrons. The molecule has 0 saturated carbocycles. The van der Waals surface area contributed by atoms with Crippen molar-refractivity contribution in [3.05, 3.63) is 54.1 Å². The summed E-state index contributed by atoms with van der Waals surface area (Å²) < 4.78 is 0. The normalized spacial score (nSPS) is 10.5. The molecule has 0 fully saturated rings. The standard InChI is InChI=1S/C15H14N4O2/c1-11-5-4-6-12(9-11)16-15(20)10-21-19-14-8-3-2-7-13(14)17-18-19/h2-9H,10H2,1H3,(H,16,20). The van der Waals surface area contributed by atoms with E-state index in [9.17, 15) is 4.79 Å². The number of carbonyl (C=O) groups excluding carboxylic acids is 1. The topological polar surface area (TPSA) is 69.0 Å². The zero-order chi connectivity index (χ0) is 14.7. The molecule has 0 unspecified atom stereocenters. The van der Waals surface area contributed by atoms with Gasteiger partial charge in [0.15, 0.2) is 6.61 Å². The number of rotatable bonds is 4. The van der Waals surface area contributed by atoms with Gasteiger partial charge in [0, 0.05) is 5.69 Å². The van der Waals surface area contributed by atoms with Gasteiger partial charge in [0.05, 0.1) is 0 Å². The van der Waals surface area contributed by atoms with E-state index in [0.717, 1.165) is 22.3 Å². The second kappa shape index (κ2) is 5.62. The monoisotopic (exact) mass is 282 g/mol. The van der Waals surface area contributed by atoms with Gasteiger partial charge in [0.1, 0.15) is 11.0 Å². The Labute approximate surface area is 121 Å². The fourth-order valence-electron chi connectivity index (χ4n) is 1.98. The highest BCUT2D eigenvalue weighted by Crippen LogP contribution is 2.10. The Morgan fingerprint density at radius 3 is 2.95 bits per heavy atom. The van der Waals surface area contributed by atoms with Gasteiger partial charge in [0.2, 0.25) is 0 Å². The molecule has 1 amide bonds. The third kappa shape index (κ3) is 3.00. The van der Waals surface area contributed by atoms with E-state index in [-0.39, 0.29) is 12.5 Å². The first kappa shape index (κ1) is 13.1. The maximum absolute atomic E-state index is 11.9. The zero-order valence-electron chi connectivity index (χ0n) is 11.5. The number of hydrogen-bond donors (Lipinski definition) is 1. The van der Waals surface area contributed by atoms with Crippen molar-refractivity contribution in [3.63, 3.8) is 0 Å². The maximum Gasteiger partial charge on any atom is 0.265 e. The van der Waals surface area contributed by atoms with Crippen LogP contribution in [-0.4, -0.2) is 27.7 Å². The molecule has 6 heteroatoms. The minimum absolute atomic E-state index is 0.138. The fraction of sp³-hybridized carbons (Fsp3) is 0.133. The lowest BCUT2D eigenvalue weighted by Gasteiger charge is -2.07. The number of nitrogens with one attached hydrogen (secondary N) is 1. The first-order valence-corrected chi connectivity index (χ1v) is 6.52. The summed E-state index contributed by atoms with van der Waals surface area (Å²) in [6.45, 7) is 1.83. The number of fused-ring (bicyclic) bond motifs is 1. The number of amides is 1. The van der Waals surface area contributed by atoms with Crippen LogP contribution in [0.4, 0.5) is 5.69 Å². The van der Waals surface area contributed by atoms with Gasteiger partial charge in [-0.1, -0.05) is 29.1 Å². The zero-order valence-corrected chi connectivity index (χ0v) is 11.5. The molecular weight excluding hydrogens is 268 g/mol. The highest BCUT2D eigenvalue weighted by Gasteiger charge is 2.07. The van der Waals surface area contributed by atoms with Crippen LogP contribution in [0.2, 0.25) is 0 Å². The van der Waals surface area contributed by atoms with Gasteiger partial charge in [-0.05, 0) is 42.0 Å². The number of nitrogens with zero attached hydrogens (tertiary/aromatic N) is 3.